The fourth-order valence-electron chi connectivity index (χ4n) is 0.824. The van der Waals surface area contributed by atoms with Gasteiger partial charge in [0.1, 0.15) is 0 Å². The van der Waals surface area contributed by atoms with Crippen LogP contribution >= 0.6 is 11.8 Å². The minimum Gasteiger partial charge on any atom is -0.314 e. The summed E-state index contributed by atoms with van der Waals surface area (Å²) in [6.45, 7) is 1.58. The van der Waals surface area contributed by atoms with Crippen LogP contribution in [-0.4, -0.2) is 36.2 Å². The predicted octanol–water partition coefficient (Wildman–Crippen LogP) is -0.541. The zero-order valence-electron chi connectivity index (χ0n) is 5.50. The van der Waals surface area contributed by atoms with Gasteiger partial charge in [0.05, 0.1) is 5.25 Å². The third-order valence-electron chi connectivity index (χ3n) is 1.36. The zero-order valence-corrected chi connectivity index (χ0v) is 6.32. The highest BCUT2D eigenvalue weighted by atomic mass is 32.2. The Morgan fingerprint density at radius 2 is 2.50 bits per heavy atom. The maximum absolute atomic E-state index is 10.7. The maximum Gasteiger partial charge on any atom is 0.209 e. The number of aldehydes is 1. The van der Waals surface area contributed by atoms with Gasteiger partial charge in [-0.2, -0.15) is 0 Å². The lowest BCUT2D eigenvalue weighted by atomic mass is 10.3. The summed E-state index contributed by atoms with van der Waals surface area (Å²) in [6.07, 6.45) is 0.407. The Morgan fingerprint density at radius 1 is 1.70 bits per heavy atom. The van der Waals surface area contributed by atoms with Gasteiger partial charge in [-0.05, 0) is 0 Å². The number of ketones is 1. The smallest absolute Gasteiger partial charge is 0.209 e. The molecule has 0 amide bonds. The van der Waals surface area contributed by atoms with Crippen LogP contribution in [0.4, 0.5) is 0 Å². The van der Waals surface area contributed by atoms with E-state index in [1.807, 2.05) is 0 Å². The average molecular weight is 159 g/mol. The summed E-state index contributed by atoms with van der Waals surface area (Å²) >= 11 is 1.55. The fourth-order valence-corrected chi connectivity index (χ4v) is 1.83. The van der Waals surface area contributed by atoms with E-state index in [0.717, 1.165) is 12.3 Å². The van der Waals surface area contributed by atoms with Gasteiger partial charge in [0.2, 0.25) is 5.78 Å². The van der Waals surface area contributed by atoms with Crippen molar-refractivity contribution in [2.24, 2.45) is 0 Å². The number of thioether (sulfide) groups is 1. The van der Waals surface area contributed by atoms with Crippen molar-refractivity contribution in [3.8, 4) is 0 Å². The van der Waals surface area contributed by atoms with Crippen molar-refractivity contribution in [2.45, 2.75) is 5.25 Å². The van der Waals surface area contributed by atoms with Crippen molar-refractivity contribution < 1.29 is 9.59 Å². The van der Waals surface area contributed by atoms with Gasteiger partial charge in [0, 0.05) is 18.8 Å². The van der Waals surface area contributed by atoms with E-state index in [1.165, 1.54) is 0 Å². The fraction of sp³-hybridized carbons (Fsp3) is 0.667. The molecule has 0 aromatic carbocycles. The molecule has 0 aromatic rings. The molecule has 1 unspecified atom stereocenters. The van der Waals surface area contributed by atoms with E-state index in [0.29, 0.717) is 12.8 Å². The molecule has 1 fully saturated rings. The number of carbonyl (C=O) groups is 2. The molecule has 0 aliphatic carbocycles. The number of hydrogen-bond acceptors (Lipinski definition) is 4. The molecular formula is C6H9NO2S. The van der Waals surface area contributed by atoms with Crippen molar-refractivity contribution >= 4 is 23.8 Å². The summed E-state index contributed by atoms with van der Waals surface area (Å²) in [5.41, 5.74) is 0. The quantitative estimate of drug-likeness (QED) is 0.434. The molecule has 4 heteroatoms. The van der Waals surface area contributed by atoms with Crippen LogP contribution in [0.3, 0.4) is 0 Å². The SMILES string of the molecule is O=CC(=O)C1CNCCS1. The highest BCUT2D eigenvalue weighted by molar-refractivity contribution is 8.00. The van der Waals surface area contributed by atoms with Crippen molar-refractivity contribution in [2.75, 3.05) is 18.8 Å². The Labute approximate surface area is 63.6 Å². The summed E-state index contributed by atoms with van der Waals surface area (Å²) in [6, 6.07) is 0. The molecule has 1 heterocycles. The second kappa shape index (κ2) is 3.73. The monoisotopic (exact) mass is 159 g/mol. The van der Waals surface area contributed by atoms with Crippen LogP contribution in [0, 0.1) is 0 Å². The van der Waals surface area contributed by atoms with Crippen LogP contribution in [0.1, 0.15) is 0 Å². The summed E-state index contributed by atoms with van der Waals surface area (Å²) in [4.78, 5) is 20.8. The van der Waals surface area contributed by atoms with Gasteiger partial charge in [0.25, 0.3) is 0 Å². The van der Waals surface area contributed by atoms with Gasteiger partial charge < -0.3 is 5.32 Å². The largest absolute Gasteiger partial charge is 0.314 e. The minimum atomic E-state index is -0.294. The van der Waals surface area contributed by atoms with Crippen LogP contribution in [0.25, 0.3) is 0 Å². The molecule has 1 saturated heterocycles. The van der Waals surface area contributed by atoms with E-state index in [4.69, 9.17) is 0 Å². The van der Waals surface area contributed by atoms with Crippen molar-refractivity contribution in [3.05, 3.63) is 0 Å². The number of carbonyl (C=O) groups excluding carboxylic acids is 2. The lowest BCUT2D eigenvalue weighted by Crippen LogP contribution is -2.37. The first-order valence-electron chi connectivity index (χ1n) is 3.16. The van der Waals surface area contributed by atoms with Crippen molar-refractivity contribution in [3.63, 3.8) is 0 Å². The number of nitrogens with one attached hydrogen (secondary N) is 1. The molecule has 0 aromatic heterocycles. The van der Waals surface area contributed by atoms with Gasteiger partial charge in [-0.1, -0.05) is 0 Å². The van der Waals surface area contributed by atoms with Crippen LogP contribution in [0.2, 0.25) is 0 Å². The first-order chi connectivity index (χ1) is 4.84. The Morgan fingerprint density at radius 3 is 3.00 bits per heavy atom. The van der Waals surface area contributed by atoms with Crippen LogP contribution < -0.4 is 5.32 Å². The third-order valence-corrected chi connectivity index (χ3v) is 2.60. The standard InChI is InChI=1S/C6H9NO2S/c8-4-5(9)6-3-7-1-2-10-6/h4,6-7H,1-3H2. The van der Waals surface area contributed by atoms with E-state index in [1.54, 1.807) is 11.8 Å². The number of Topliss-reactive ketones (excluding diaryl/α,β-unsaturated/α-hetero) is 1. The van der Waals surface area contributed by atoms with Gasteiger partial charge in [-0.3, -0.25) is 9.59 Å². The Bertz CT molecular complexity index is 143. The minimum absolute atomic E-state index is 0.133. The Kier molecular flexibility index (Phi) is 2.89. The lowest BCUT2D eigenvalue weighted by Gasteiger charge is -2.18. The summed E-state index contributed by atoms with van der Waals surface area (Å²) in [5.74, 6) is 0.627. The van der Waals surface area contributed by atoms with Crippen molar-refractivity contribution in [1.82, 2.24) is 5.32 Å². The first kappa shape index (κ1) is 7.75. The molecule has 1 atom stereocenters. The molecule has 56 valence electrons. The molecule has 0 radical (unpaired) electrons. The molecule has 3 nitrogen and oxygen atoms in total. The summed E-state index contributed by atoms with van der Waals surface area (Å²) in [5, 5.41) is 2.92. The van der Waals surface area contributed by atoms with E-state index < -0.39 is 0 Å². The molecule has 0 spiro atoms. The van der Waals surface area contributed by atoms with Gasteiger partial charge in [0.15, 0.2) is 6.29 Å². The molecule has 1 rings (SSSR count). The highest BCUT2D eigenvalue weighted by Gasteiger charge is 2.19. The van der Waals surface area contributed by atoms with E-state index in [-0.39, 0.29) is 11.0 Å². The first-order valence-corrected chi connectivity index (χ1v) is 4.21. The Balaban J connectivity index is 2.38. The topological polar surface area (TPSA) is 46.2 Å². The number of hydrogen-bond donors (Lipinski definition) is 1. The van der Waals surface area contributed by atoms with Gasteiger partial charge >= 0.3 is 0 Å². The van der Waals surface area contributed by atoms with Crippen LogP contribution in [0.5, 0.6) is 0 Å². The van der Waals surface area contributed by atoms with Gasteiger partial charge in [-0.25, -0.2) is 0 Å². The molecule has 1 aliphatic rings. The molecule has 1 N–H and O–H groups in total. The lowest BCUT2D eigenvalue weighted by molar-refractivity contribution is -0.129. The molecule has 0 saturated carbocycles. The van der Waals surface area contributed by atoms with E-state index in [9.17, 15) is 9.59 Å². The van der Waals surface area contributed by atoms with Crippen molar-refractivity contribution in [1.29, 1.82) is 0 Å². The summed E-state index contributed by atoms with van der Waals surface area (Å²) < 4.78 is 0. The van der Waals surface area contributed by atoms with Crippen LogP contribution in [-0.2, 0) is 9.59 Å². The summed E-state index contributed by atoms with van der Waals surface area (Å²) in [7, 11) is 0. The van der Waals surface area contributed by atoms with Gasteiger partial charge in [-0.15, -0.1) is 11.8 Å². The second-order valence-corrected chi connectivity index (χ2v) is 3.39. The predicted molar refractivity (Wildman–Crippen MR) is 40.2 cm³/mol. The normalized spacial score (nSPS) is 25.8. The van der Waals surface area contributed by atoms with E-state index >= 15 is 0 Å². The molecule has 0 bridgehead atoms. The second-order valence-electron chi connectivity index (χ2n) is 2.08. The highest BCUT2D eigenvalue weighted by Crippen LogP contribution is 2.12. The average Bonchev–Trinajstić information content (AvgIpc) is 2.05. The molecular weight excluding hydrogens is 150 g/mol. The van der Waals surface area contributed by atoms with Crippen LogP contribution in [0.15, 0.2) is 0 Å². The number of rotatable bonds is 2. The third kappa shape index (κ3) is 1.82. The zero-order chi connectivity index (χ0) is 7.40. The van der Waals surface area contributed by atoms with E-state index in [2.05, 4.69) is 5.32 Å². The molecule has 10 heavy (non-hydrogen) atoms. The maximum atomic E-state index is 10.7. The molecule has 1 aliphatic heterocycles. The Hall–Kier alpha value is -0.350.